The molecule has 0 saturated heterocycles. The quantitative estimate of drug-likeness (QED) is 0.521. The summed E-state index contributed by atoms with van der Waals surface area (Å²) < 4.78 is 0. The van der Waals surface area contributed by atoms with Crippen LogP contribution in [0.3, 0.4) is 0 Å². The first-order valence-electron chi connectivity index (χ1n) is 4.18. The maximum Gasteiger partial charge on any atom is 0.142 e. The molecule has 0 unspecified atom stereocenters. The van der Waals surface area contributed by atoms with Crippen molar-refractivity contribution in [2.45, 2.75) is 19.8 Å². The maximum absolute atomic E-state index is 10.0. The normalized spacial score (nSPS) is 11.0. The summed E-state index contributed by atoms with van der Waals surface area (Å²) >= 11 is 0. The average Bonchev–Trinajstić information content (AvgIpc) is 2.15. The molecular weight excluding hydrogens is 164 g/mol. The molecule has 68 valence electrons. The zero-order chi connectivity index (χ0) is 9.68. The second kappa shape index (κ2) is 4.50. The Morgan fingerprint density at radius 1 is 1.31 bits per heavy atom. The van der Waals surface area contributed by atoms with Crippen LogP contribution in [0.1, 0.15) is 31.2 Å². The van der Waals surface area contributed by atoms with E-state index < -0.39 is 0 Å². The molecule has 1 aromatic rings. The molecular formula is C10H12N2O. The highest BCUT2D eigenvalue weighted by Gasteiger charge is 2.00. The van der Waals surface area contributed by atoms with Crippen LogP contribution in [0.25, 0.3) is 6.08 Å². The lowest BCUT2D eigenvalue weighted by Gasteiger charge is -2.01. The van der Waals surface area contributed by atoms with Crippen LogP contribution in [-0.4, -0.2) is 16.3 Å². The summed E-state index contributed by atoms with van der Waals surface area (Å²) in [5, 5.41) is 0. The maximum atomic E-state index is 10.0. The molecule has 3 heteroatoms. The number of aldehydes is 1. The monoisotopic (exact) mass is 176 g/mol. The van der Waals surface area contributed by atoms with Gasteiger partial charge in [-0.2, -0.15) is 0 Å². The number of carbonyl (C=O) groups excluding carboxylic acids is 1. The summed E-state index contributed by atoms with van der Waals surface area (Å²) in [4.78, 5) is 18.3. The van der Waals surface area contributed by atoms with Crippen molar-refractivity contribution < 1.29 is 4.79 Å². The summed E-state index contributed by atoms with van der Waals surface area (Å²) in [6.45, 7) is 4.08. The number of allylic oxidation sites excluding steroid dienone is 1. The van der Waals surface area contributed by atoms with Gasteiger partial charge in [-0.05, 0) is 12.2 Å². The van der Waals surface area contributed by atoms with Gasteiger partial charge in [-0.3, -0.25) is 4.79 Å². The van der Waals surface area contributed by atoms with Crippen LogP contribution in [0.4, 0.5) is 0 Å². The van der Waals surface area contributed by atoms with E-state index in [1.807, 2.05) is 13.8 Å². The van der Waals surface area contributed by atoms with Crippen molar-refractivity contribution in [2.75, 3.05) is 0 Å². The van der Waals surface area contributed by atoms with E-state index in [4.69, 9.17) is 0 Å². The van der Waals surface area contributed by atoms with Crippen LogP contribution in [0, 0.1) is 0 Å². The SMILES string of the molecule is CC(C)c1ncc(/C=C/C=O)cn1. The molecule has 0 aromatic carbocycles. The van der Waals surface area contributed by atoms with Crippen molar-refractivity contribution >= 4 is 12.4 Å². The van der Waals surface area contributed by atoms with Gasteiger partial charge in [-0.25, -0.2) is 9.97 Å². The molecule has 0 aliphatic rings. The van der Waals surface area contributed by atoms with Crippen molar-refractivity contribution in [3.8, 4) is 0 Å². The third kappa shape index (κ3) is 2.78. The first-order valence-corrected chi connectivity index (χ1v) is 4.18. The molecule has 0 N–H and O–H groups in total. The van der Waals surface area contributed by atoms with E-state index in [1.54, 1.807) is 18.5 Å². The summed E-state index contributed by atoms with van der Waals surface area (Å²) in [6.07, 6.45) is 7.26. The number of hydrogen-bond donors (Lipinski definition) is 0. The van der Waals surface area contributed by atoms with Gasteiger partial charge in [-0.15, -0.1) is 0 Å². The highest BCUT2D eigenvalue weighted by Crippen LogP contribution is 2.08. The molecule has 1 heterocycles. The van der Waals surface area contributed by atoms with Gasteiger partial charge in [0.15, 0.2) is 0 Å². The summed E-state index contributed by atoms with van der Waals surface area (Å²) in [5.41, 5.74) is 0.844. The molecule has 0 fully saturated rings. The lowest BCUT2D eigenvalue weighted by molar-refractivity contribution is -0.104. The van der Waals surface area contributed by atoms with Crippen molar-refractivity contribution in [1.29, 1.82) is 0 Å². The Kier molecular flexibility index (Phi) is 3.31. The van der Waals surface area contributed by atoms with E-state index in [9.17, 15) is 4.79 Å². The molecule has 0 amide bonds. The van der Waals surface area contributed by atoms with E-state index in [-0.39, 0.29) is 0 Å². The van der Waals surface area contributed by atoms with Crippen molar-refractivity contribution in [2.24, 2.45) is 0 Å². The Hall–Kier alpha value is -1.51. The third-order valence-electron chi connectivity index (χ3n) is 1.58. The fraction of sp³-hybridized carbons (Fsp3) is 0.300. The molecule has 3 nitrogen and oxygen atoms in total. The van der Waals surface area contributed by atoms with Gasteiger partial charge < -0.3 is 0 Å². The zero-order valence-corrected chi connectivity index (χ0v) is 7.77. The fourth-order valence-corrected chi connectivity index (χ4v) is 0.883. The Bertz CT molecular complexity index is 301. The van der Waals surface area contributed by atoms with Crippen LogP contribution in [0.15, 0.2) is 18.5 Å². The molecule has 0 aliphatic heterocycles. The smallest absolute Gasteiger partial charge is 0.142 e. The number of rotatable bonds is 3. The first-order chi connectivity index (χ1) is 6.24. The number of hydrogen-bond acceptors (Lipinski definition) is 3. The van der Waals surface area contributed by atoms with Crippen LogP contribution in [0.5, 0.6) is 0 Å². The lowest BCUT2D eigenvalue weighted by atomic mass is 10.2. The second-order valence-corrected chi connectivity index (χ2v) is 3.02. The highest BCUT2D eigenvalue weighted by molar-refractivity contribution is 5.73. The molecule has 0 atom stereocenters. The van der Waals surface area contributed by atoms with E-state index in [2.05, 4.69) is 9.97 Å². The molecule has 13 heavy (non-hydrogen) atoms. The van der Waals surface area contributed by atoms with Gasteiger partial charge in [0, 0.05) is 23.9 Å². The molecule has 0 spiro atoms. The Morgan fingerprint density at radius 3 is 2.38 bits per heavy atom. The molecule has 0 radical (unpaired) electrons. The van der Waals surface area contributed by atoms with Gasteiger partial charge in [0.2, 0.25) is 0 Å². The van der Waals surface area contributed by atoms with Crippen molar-refractivity contribution in [1.82, 2.24) is 9.97 Å². The van der Waals surface area contributed by atoms with E-state index in [0.29, 0.717) is 5.92 Å². The second-order valence-electron chi connectivity index (χ2n) is 3.02. The number of nitrogens with zero attached hydrogens (tertiary/aromatic N) is 2. The van der Waals surface area contributed by atoms with Crippen LogP contribution >= 0.6 is 0 Å². The molecule has 0 aliphatic carbocycles. The molecule has 0 bridgehead atoms. The van der Waals surface area contributed by atoms with E-state index in [0.717, 1.165) is 17.7 Å². The topological polar surface area (TPSA) is 42.9 Å². The van der Waals surface area contributed by atoms with E-state index >= 15 is 0 Å². The summed E-state index contributed by atoms with van der Waals surface area (Å²) in [6, 6.07) is 0. The number of aromatic nitrogens is 2. The third-order valence-corrected chi connectivity index (χ3v) is 1.58. The predicted octanol–water partition coefficient (Wildman–Crippen LogP) is 1.81. The molecule has 1 rings (SSSR count). The Balaban J connectivity index is 2.81. The Labute approximate surface area is 77.5 Å². The van der Waals surface area contributed by atoms with E-state index in [1.165, 1.54) is 6.08 Å². The average molecular weight is 176 g/mol. The lowest BCUT2D eigenvalue weighted by Crippen LogP contribution is -1.96. The largest absolute Gasteiger partial charge is 0.299 e. The standard InChI is InChI=1S/C10H12N2O/c1-8(2)10-11-6-9(7-12-10)4-3-5-13/h3-8H,1-2H3/b4-3+. The fourth-order valence-electron chi connectivity index (χ4n) is 0.883. The zero-order valence-electron chi connectivity index (χ0n) is 7.77. The van der Waals surface area contributed by atoms with Gasteiger partial charge >= 0.3 is 0 Å². The van der Waals surface area contributed by atoms with Gasteiger partial charge in [0.25, 0.3) is 0 Å². The van der Waals surface area contributed by atoms with Crippen LogP contribution in [-0.2, 0) is 4.79 Å². The number of carbonyl (C=O) groups is 1. The minimum Gasteiger partial charge on any atom is -0.299 e. The van der Waals surface area contributed by atoms with Gasteiger partial charge in [0.05, 0.1) is 0 Å². The minimum atomic E-state index is 0.337. The van der Waals surface area contributed by atoms with Crippen LogP contribution in [0.2, 0.25) is 0 Å². The van der Waals surface area contributed by atoms with Gasteiger partial charge in [0.1, 0.15) is 12.1 Å². The first kappa shape index (κ1) is 9.58. The summed E-state index contributed by atoms with van der Waals surface area (Å²) in [5.74, 6) is 1.16. The predicted molar refractivity (Wildman–Crippen MR) is 51.2 cm³/mol. The molecule has 1 aromatic heterocycles. The minimum absolute atomic E-state index is 0.337. The van der Waals surface area contributed by atoms with Crippen LogP contribution < -0.4 is 0 Å². The highest BCUT2D eigenvalue weighted by atomic mass is 16.1. The van der Waals surface area contributed by atoms with Crippen molar-refractivity contribution in [3.05, 3.63) is 29.9 Å². The summed E-state index contributed by atoms with van der Waals surface area (Å²) in [7, 11) is 0. The molecule has 0 saturated carbocycles. The Morgan fingerprint density at radius 2 is 1.92 bits per heavy atom. The van der Waals surface area contributed by atoms with Crippen molar-refractivity contribution in [3.63, 3.8) is 0 Å². The van der Waals surface area contributed by atoms with Gasteiger partial charge in [-0.1, -0.05) is 13.8 Å².